The number of thiophene rings is 1. The summed E-state index contributed by atoms with van der Waals surface area (Å²) in [6.45, 7) is 7.85. The standard InChI is InChI=1S/C17H29NS/c1-4-18-17(16-12-13(2)19-14(16)3)15-10-8-6-5-7-9-11-15/h12,15,17-18H,4-11H2,1-3H3. The second-order valence-electron chi connectivity index (χ2n) is 6.01. The molecule has 0 radical (unpaired) electrons. The van der Waals surface area contributed by atoms with Crippen molar-refractivity contribution in [3.05, 3.63) is 21.4 Å². The van der Waals surface area contributed by atoms with Crippen molar-refractivity contribution in [1.29, 1.82) is 0 Å². The van der Waals surface area contributed by atoms with Gasteiger partial charge in [0.25, 0.3) is 0 Å². The van der Waals surface area contributed by atoms with Gasteiger partial charge in [-0.15, -0.1) is 11.3 Å². The first-order valence-corrected chi connectivity index (χ1v) is 8.84. The van der Waals surface area contributed by atoms with Gasteiger partial charge in [-0.05, 0) is 50.8 Å². The molecular weight excluding hydrogens is 250 g/mol. The quantitative estimate of drug-likeness (QED) is 0.780. The molecule has 1 aliphatic rings. The predicted octanol–water partition coefficient (Wildman–Crippen LogP) is 5.38. The smallest absolute Gasteiger partial charge is 0.0359 e. The average molecular weight is 279 g/mol. The molecule has 1 aromatic heterocycles. The van der Waals surface area contributed by atoms with Crippen LogP contribution in [-0.4, -0.2) is 6.54 Å². The van der Waals surface area contributed by atoms with E-state index in [1.165, 1.54) is 54.7 Å². The van der Waals surface area contributed by atoms with Crippen LogP contribution in [0.15, 0.2) is 6.07 Å². The summed E-state index contributed by atoms with van der Waals surface area (Å²) >= 11 is 1.96. The van der Waals surface area contributed by atoms with Crippen LogP contribution in [0.4, 0.5) is 0 Å². The minimum absolute atomic E-state index is 0.591. The molecule has 1 aliphatic carbocycles. The Morgan fingerprint density at radius 3 is 2.32 bits per heavy atom. The van der Waals surface area contributed by atoms with E-state index in [0.29, 0.717) is 6.04 Å². The van der Waals surface area contributed by atoms with Crippen molar-refractivity contribution in [2.75, 3.05) is 6.54 Å². The summed E-state index contributed by atoms with van der Waals surface area (Å²) in [6.07, 6.45) is 10.0. The largest absolute Gasteiger partial charge is 0.310 e. The zero-order valence-corrected chi connectivity index (χ0v) is 13.6. The van der Waals surface area contributed by atoms with Crippen molar-refractivity contribution >= 4 is 11.3 Å². The Morgan fingerprint density at radius 1 is 1.16 bits per heavy atom. The minimum Gasteiger partial charge on any atom is -0.310 e. The summed E-state index contributed by atoms with van der Waals surface area (Å²) in [5, 5.41) is 3.78. The molecule has 1 atom stereocenters. The van der Waals surface area contributed by atoms with E-state index in [-0.39, 0.29) is 0 Å². The second kappa shape index (κ2) is 7.44. The van der Waals surface area contributed by atoms with E-state index in [4.69, 9.17) is 0 Å². The second-order valence-corrected chi connectivity index (χ2v) is 7.47. The molecule has 1 fully saturated rings. The molecule has 0 spiro atoms. The summed E-state index contributed by atoms with van der Waals surface area (Å²) < 4.78 is 0. The van der Waals surface area contributed by atoms with Crippen molar-refractivity contribution in [1.82, 2.24) is 5.32 Å². The topological polar surface area (TPSA) is 12.0 Å². The lowest BCUT2D eigenvalue weighted by molar-refractivity contribution is 0.291. The fourth-order valence-corrected chi connectivity index (χ4v) is 4.50. The third kappa shape index (κ3) is 4.06. The fraction of sp³-hybridized carbons (Fsp3) is 0.765. The van der Waals surface area contributed by atoms with Gasteiger partial charge in [0.15, 0.2) is 0 Å². The highest BCUT2D eigenvalue weighted by atomic mass is 32.1. The Kier molecular flexibility index (Phi) is 5.90. The van der Waals surface area contributed by atoms with Crippen LogP contribution in [-0.2, 0) is 0 Å². The zero-order valence-electron chi connectivity index (χ0n) is 12.8. The van der Waals surface area contributed by atoms with Gasteiger partial charge in [-0.1, -0.05) is 39.0 Å². The maximum atomic E-state index is 3.78. The lowest BCUT2D eigenvalue weighted by atomic mass is 9.83. The highest BCUT2D eigenvalue weighted by Gasteiger charge is 2.25. The molecule has 108 valence electrons. The number of rotatable bonds is 4. The Morgan fingerprint density at radius 2 is 1.79 bits per heavy atom. The van der Waals surface area contributed by atoms with Crippen molar-refractivity contribution in [3.63, 3.8) is 0 Å². The van der Waals surface area contributed by atoms with Gasteiger partial charge in [-0.3, -0.25) is 0 Å². The third-order valence-corrected chi connectivity index (χ3v) is 5.44. The number of hydrogen-bond acceptors (Lipinski definition) is 2. The van der Waals surface area contributed by atoms with Gasteiger partial charge in [-0.25, -0.2) is 0 Å². The van der Waals surface area contributed by atoms with Crippen molar-refractivity contribution in [2.24, 2.45) is 5.92 Å². The molecule has 2 rings (SSSR count). The van der Waals surface area contributed by atoms with Gasteiger partial charge < -0.3 is 5.32 Å². The van der Waals surface area contributed by atoms with Crippen LogP contribution in [0.5, 0.6) is 0 Å². The van der Waals surface area contributed by atoms with Crippen molar-refractivity contribution in [3.8, 4) is 0 Å². The first kappa shape index (κ1) is 15.1. The maximum Gasteiger partial charge on any atom is 0.0359 e. The van der Waals surface area contributed by atoms with Crippen LogP contribution >= 0.6 is 11.3 Å². The van der Waals surface area contributed by atoms with Crippen molar-refractivity contribution < 1.29 is 0 Å². The van der Waals surface area contributed by atoms with Gasteiger partial charge in [-0.2, -0.15) is 0 Å². The lowest BCUT2D eigenvalue weighted by Gasteiger charge is -2.29. The van der Waals surface area contributed by atoms with Crippen molar-refractivity contribution in [2.45, 2.75) is 71.8 Å². The van der Waals surface area contributed by atoms with Crippen LogP contribution in [0, 0.1) is 19.8 Å². The molecule has 0 bridgehead atoms. The Labute approximate surface area is 122 Å². The van der Waals surface area contributed by atoms with Gasteiger partial charge in [0, 0.05) is 15.8 Å². The first-order valence-electron chi connectivity index (χ1n) is 8.02. The Hall–Kier alpha value is -0.340. The van der Waals surface area contributed by atoms with Crippen LogP contribution in [0.2, 0.25) is 0 Å². The molecule has 1 nitrogen and oxygen atoms in total. The van der Waals surface area contributed by atoms with E-state index < -0.39 is 0 Å². The number of hydrogen-bond donors (Lipinski definition) is 1. The van der Waals surface area contributed by atoms with Crippen LogP contribution in [0.25, 0.3) is 0 Å². The molecule has 0 amide bonds. The van der Waals surface area contributed by atoms with Gasteiger partial charge in [0.1, 0.15) is 0 Å². The van der Waals surface area contributed by atoms with E-state index in [2.05, 4.69) is 32.2 Å². The number of nitrogens with one attached hydrogen (secondary N) is 1. The molecule has 19 heavy (non-hydrogen) atoms. The molecule has 0 saturated heterocycles. The van der Waals surface area contributed by atoms with Crippen LogP contribution < -0.4 is 5.32 Å². The highest BCUT2D eigenvalue weighted by Crippen LogP contribution is 2.36. The molecular formula is C17H29NS. The highest BCUT2D eigenvalue weighted by molar-refractivity contribution is 7.12. The van der Waals surface area contributed by atoms with Gasteiger partial charge in [0.05, 0.1) is 0 Å². The van der Waals surface area contributed by atoms with E-state index in [0.717, 1.165) is 12.5 Å². The normalized spacial score (nSPS) is 19.9. The van der Waals surface area contributed by atoms with E-state index in [9.17, 15) is 0 Å². The molecule has 0 aliphatic heterocycles. The minimum atomic E-state index is 0.591. The third-order valence-electron chi connectivity index (χ3n) is 4.46. The molecule has 0 aromatic carbocycles. The van der Waals surface area contributed by atoms with Gasteiger partial charge in [0.2, 0.25) is 0 Å². The average Bonchev–Trinajstić information content (AvgIpc) is 2.66. The predicted molar refractivity (Wildman–Crippen MR) is 86.0 cm³/mol. The molecule has 1 aromatic rings. The maximum absolute atomic E-state index is 3.78. The lowest BCUT2D eigenvalue weighted by Crippen LogP contribution is -2.29. The molecule has 1 heterocycles. The SMILES string of the molecule is CCNC(c1cc(C)sc1C)C1CCCCCCC1. The van der Waals surface area contributed by atoms with Crippen LogP contribution in [0.1, 0.15) is 73.2 Å². The molecule has 2 heteroatoms. The molecule has 1 unspecified atom stereocenters. The summed E-state index contributed by atoms with van der Waals surface area (Å²) in [5.41, 5.74) is 1.58. The fourth-order valence-electron chi connectivity index (χ4n) is 3.53. The van der Waals surface area contributed by atoms with E-state index in [1.807, 2.05) is 11.3 Å². The summed E-state index contributed by atoms with van der Waals surface area (Å²) in [5.74, 6) is 0.841. The van der Waals surface area contributed by atoms with Crippen LogP contribution in [0.3, 0.4) is 0 Å². The summed E-state index contributed by atoms with van der Waals surface area (Å²) in [6, 6.07) is 3.01. The summed E-state index contributed by atoms with van der Waals surface area (Å²) in [4.78, 5) is 2.98. The monoisotopic (exact) mass is 279 g/mol. The van der Waals surface area contributed by atoms with E-state index in [1.54, 1.807) is 5.56 Å². The Balaban J connectivity index is 2.15. The zero-order chi connectivity index (χ0) is 13.7. The molecule has 1 N–H and O–H groups in total. The van der Waals surface area contributed by atoms with E-state index >= 15 is 0 Å². The number of aryl methyl sites for hydroxylation is 2. The summed E-state index contributed by atoms with van der Waals surface area (Å²) in [7, 11) is 0. The first-order chi connectivity index (χ1) is 9.22. The van der Waals surface area contributed by atoms with Gasteiger partial charge >= 0.3 is 0 Å². The molecule has 1 saturated carbocycles. The Bertz CT molecular complexity index is 375.